The Kier molecular flexibility index (Phi) is 4.99. The second-order valence-corrected chi connectivity index (χ2v) is 5.70. The number of H-pyrrole nitrogens is 1. The molecule has 1 saturated heterocycles. The third-order valence-corrected chi connectivity index (χ3v) is 4.08. The van der Waals surface area contributed by atoms with Crippen LogP contribution in [-0.4, -0.2) is 59.3 Å². The van der Waals surface area contributed by atoms with Crippen molar-refractivity contribution in [2.75, 3.05) is 44.2 Å². The van der Waals surface area contributed by atoms with Crippen molar-refractivity contribution in [3.05, 3.63) is 51.9 Å². The van der Waals surface area contributed by atoms with Gasteiger partial charge in [-0.05, 0) is 5.56 Å². The van der Waals surface area contributed by atoms with Crippen molar-refractivity contribution >= 4 is 5.95 Å². The Hall–Kier alpha value is -2.25. The molecule has 0 amide bonds. The van der Waals surface area contributed by atoms with Crippen LogP contribution >= 0.6 is 0 Å². The van der Waals surface area contributed by atoms with E-state index in [9.17, 15) is 4.79 Å². The van der Waals surface area contributed by atoms with E-state index < -0.39 is 0 Å². The number of piperazine rings is 1. The Morgan fingerprint density at radius 3 is 2.48 bits per heavy atom. The van der Waals surface area contributed by atoms with Gasteiger partial charge in [-0.1, -0.05) is 30.3 Å². The molecular weight excluding hydrogens is 292 g/mol. The highest BCUT2D eigenvalue weighted by Crippen LogP contribution is 2.09. The van der Waals surface area contributed by atoms with Gasteiger partial charge in [0.1, 0.15) is 5.69 Å². The lowest BCUT2D eigenvalue weighted by molar-refractivity contribution is 0.263. The van der Waals surface area contributed by atoms with Crippen LogP contribution in [0.15, 0.2) is 35.1 Å². The number of aromatic nitrogens is 3. The first-order valence-electron chi connectivity index (χ1n) is 7.93. The Labute approximate surface area is 135 Å². The van der Waals surface area contributed by atoms with Crippen LogP contribution in [0.5, 0.6) is 0 Å². The fourth-order valence-corrected chi connectivity index (χ4v) is 2.76. The van der Waals surface area contributed by atoms with Gasteiger partial charge in [0.2, 0.25) is 5.95 Å². The van der Waals surface area contributed by atoms with E-state index in [0.717, 1.165) is 38.3 Å². The van der Waals surface area contributed by atoms with E-state index in [1.54, 1.807) is 0 Å². The van der Waals surface area contributed by atoms with Crippen LogP contribution in [-0.2, 0) is 6.42 Å². The van der Waals surface area contributed by atoms with Gasteiger partial charge in [-0.3, -0.25) is 14.7 Å². The Morgan fingerprint density at radius 2 is 1.83 bits per heavy atom. The van der Waals surface area contributed by atoms with E-state index in [4.69, 9.17) is 5.73 Å². The van der Waals surface area contributed by atoms with Crippen LogP contribution in [0.1, 0.15) is 11.3 Å². The van der Waals surface area contributed by atoms with Crippen molar-refractivity contribution in [2.24, 2.45) is 5.73 Å². The third kappa shape index (κ3) is 3.94. The van der Waals surface area contributed by atoms with Gasteiger partial charge in [0.25, 0.3) is 5.56 Å². The molecule has 23 heavy (non-hydrogen) atoms. The van der Waals surface area contributed by atoms with E-state index in [0.29, 0.717) is 24.6 Å². The molecule has 1 aliphatic heterocycles. The van der Waals surface area contributed by atoms with Crippen molar-refractivity contribution in [2.45, 2.75) is 6.42 Å². The second-order valence-electron chi connectivity index (χ2n) is 5.70. The number of nitrogens with one attached hydrogen (secondary N) is 1. The number of benzene rings is 1. The number of hydrogen-bond donors (Lipinski definition) is 2. The first kappa shape index (κ1) is 15.6. The Morgan fingerprint density at radius 1 is 1.09 bits per heavy atom. The van der Waals surface area contributed by atoms with Crippen LogP contribution in [0.25, 0.3) is 0 Å². The first-order chi connectivity index (χ1) is 11.3. The molecular formula is C16H22N6O. The summed E-state index contributed by atoms with van der Waals surface area (Å²) in [6.45, 7) is 5.07. The van der Waals surface area contributed by atoms with Gasteiger partial charge < -0.3 is 10.6 Å². The van der Waals surface area contributed by atoms with Crippen LogP contribution in [0.4, 0.5) is 5.95 Å². The lowest BCUT2D eigenvalue weighted by Gasteiger charge is -2.34. The summed E-state index contributed by atoms with van der Waals surface area (Å²) >= 11 is 0. The maximum absolute atomic E-state index is 12.2. The highest BCUT2D eigenvalue weighted by Gasteiger charge is 2.19. The topological polar surface area (TPSA) is 91.1 Å². The number of aromatic amines is 1. The highest BCUT2D eigenvalue weighted by atomic mass is 16.1. The maximum atomic E-state index is 12.2. The molecule has 1 aromatic carbocycles. The summed E-state index contributed by atoms with van der Waals surface area (Å²) in [6, 6.07) is 9.81. The first-order valence-corrected chi connectivity index (χ1v) is 7.93. The number of rotatable bonds is 5. The van der Waals surface area contributed by atoms with Crippen LogP contribution in [0.2, 0.25) is 0 Å². The normalized spacial score (nSPS) is 15.8. The predicted octanol–water partition coefficient (Wildman–Crippen LogP) is -0.164. The third-order valence-electron chi connectivity index (χ3n) is 4.08. The van der Waals surface area contributed by atoms with E-state index >= 15 is 0 Å². The summed E-state index contributed by atoms with van der Waals surface area (Å²) < 4.78 is 0. The summed E-state index contributed by atoms with van der Waals surface area (Å²) in [7, 11) is 0. The number of hydrogen-bond acceptors (Lipinski definition) is 6. The molecule has 2 aromatic rings. The molecule has 7 heteroatoms. The summed E-state index contributed by atoms with van der Waals surface area (Å²) in [5.74, 6) is 0.555. The van der Waals surface area contributed by atoms with Crippen LogP contribution in [0, 0.1) is 0 Å². The van der Waals surface area contributed by atoms with Gasteiger partial charge in [0.05, 0.1) is 0 Å². The Balaban J connectivity index is 1.67. The number of nitrogens with zero attached hydrogens (tertiary/aromatic N) is 4. The summed E-state index contributed by atoms with van der Waals surface area (Å²) in [5, 5.41) is 8.34. The van der Waals surface area contributed by atoms with Crippen molar-refractivity contribution in [3.63, 3.8) is 0 Å². The zero-order valence-corrected chi connectivity index (χ0v) is 13.1. The van der Waals surface area contributed by atoms with Crippen LogP contribution in [0.3, 0.4) is 0 Å². The summed E-state index contributed by atoms with van der Waals surface area (Å²) in [4.78, 5) is 19.5. The molecule has 3 rings (SSSR count). The van der Waals surface area contributed by atoms with Crippen molar-refractivity contribution < 1.29 is 0 Å². The SMILES string of the molecule is NCCN1CCN(c2nnc(Cc3ccccc3)c(=O)[nH]2)CC1. The molecule has 0 aliphatic carbocycles. The van der Waals surface area contributed by atoms with E-state index in [-0.39, 0.29) is 5.56 Å². The Bertz CT molecular complexity index is 678. The molecule has 0 bridgehead atoms. The zero-order valence-electron chi connectivity index (χ0n) is 13.1. The molecule has 7 nitrogen and oxygen atoms in total. The minimum atomic E-state index is -0.164. The summed E-state index contributed by atoms with van der Waals surface area (Å²) in [6.07, 6.45) is 0.494. The van der Waals surface area contributed by atoms with Crippen LogP contribution < -0.4 is 16.2 Å². The van der Waals surface area contributed by atoms with Gasteiger partial charge in [-0.2, -0.15) is 0 Å². The molecule has 2 heterocycles. The quantitative estimate of drug-likeness (QED) is 0.797. The minimum absolute atomic E-state index is 0.164. The molecule has 0 saturated carbocycles. The second kappa shape index (κ2) is 7.34. The van der Waals surface area contributed by atoms with Gasteiger partial charge in [-0.15, -0.1) is 10.2 Å². The minimum Gasteiger partial charge on any atom is -0.338 e. The fourth-order valence-electron chi connectivity index (χ4n) is 2.76. The molecule has 0 atom stereocenters. The van der Waals surface area contributed by atoms with Crippen molar-refractivity contribution in [1.29, 1.82) is 0 Å². The monoisotopic (exact) mass is 314 g/mol. The molecule has 0 radical (unpaired) electrons. The number of anilines is 1. The van der Waals surface area contributed by atoms with E-state index in [1.807, 2.05) is 30.3 Å². The van der Waals surface area contributed by atoms with Gasteiger partial charge in [0.15, 0.2) is 0 Å². The lowest BCUT2D eigenvalue weighted by Crippen LogP contribution is -2.48. The van der Waals surface area contributed by atoms with Crippen molar-refractivity contribution in [3.8, 4) is 0 Å². The van der Waals surface area contributed by atoms with E-state index in [2.05, 4.69) is 25.0 Å². The van der Waals surface area contributed by atoms with E-state index in [1.165, 1.54) is 0 Å². The average molecular weight is 314 g/mol. The zero-order chi connectivity index (χ0) is 16.1. The summed E-state index contributed by atoms with van der Waals surface area (Å²) in [5.41, 5.74) is 6.91. The molecule has 1 aliphatic rings. The highest BCUT2D eigenvalue weighted by molar-refractivity contribution is 5.29. The average Bonchev–Trinajstić information content (AvgIpc) is 2.59. The van der Waals surface area contributed by atoms with Gasteiger partial charge >= 0.3 is 0 Å². The molecule has 1 fully saturated rings. The molecule has 0 spiro atoms. The maximum Gasteiger partial charge on any atom is 0.274 e. The van der Waals surface area contributed by atoms with Gasteiger partial charge in [-0.25, -0.2) is 0 Å². The number of nitrogens with two attached hydrogens (primary N) is 1. The molecule has 1 aromatic heterocycles. The largest absolute Gasteiger partial charge is 0.338 e. The standard InChI is InChI=1S/C16H22N6O/c17-6-7-21-8-10-22(11-9-21)16-18-15(23)14(19-20-16)12-13-4-2-1-3-5-13/h1-5H,6-12,17H2,(H,18,20,23). The van der Waals surface area contributed by atoms with Gasteiger partial charge in [0, 0.05) is 45.7 Å². The predicted molar refractivity (Wildman–Crippen MR) is 89.6 cm³/mol. The smallest absolute Gasteiger partial charge is 0.274 e. The molecule has 3 N–H and O–H groups in total. The van der Waals surface area contributed by atoms with Crippen molar-refractivity contribution in [1.82, 2.24) is 20.1 Å². The fraction of sp³-hybridized carbons (Fsp3) is 0.438. The molecule has 122 valence electrons. The molecule has 0 unspecified atom stereocenters. The lowest BCUT2D eigenvalue weighted by atomic mass is 10.1.